The first kappa shape index (κ1) is 15.8. The van der Waals surface area contributed by atoms with Crippen LogP contribution in [0.15, 0.2) is 24.3 Å². The van der Waals surface area contributed by atoms with Crippen molar-refractivity contribution in [1.29, 1.82) is 0 Å². The molecule has 0 bridgehead atoms. The van der Waals surface area contributed by atoms with Gasteiger partial charge in [0.25, 0.3) is 0 Å². The Bertz CT molecular complexity index is 590. The molecule has 2 heterocycles. The van der Waals surface area contributed by atoms with Crippen molar-refractivity contribution in [2.45, 2.75) is 32.2 Å². The van der Waals surface area contributed by atoms with Crippen LogP contribution in [0.25, 0.3) is 0 Å². The fraction of sp³-hybridized carbons (Fsp3) is 0.529. The number of amides is 3. The van der Waals surface area contributed by atoms with Crippen molar-refractivity contribution in [3.63, 3.8) is 0 Å². The highest BCUT2D eigenvalue weighted by atomic mass is 19.1. The molecule has 0 radical (unpaired) electrons. The molecule has 3 amide bonds. The Morgan fingerprint density at radius 3 is 2.70 bits per heavy atom. The summed E-state index contributed by atoms with van der Waals surface area (Å²) >= 11 is 0. The molecule has 23 heavy (non-hydrogen) atoms. The third-order valence-electron chi connectivity index (χ3n) is 4.54. The monoisotopic (exact) mass is 319 g/mol. The van der Waals surface area contributed by atoms with Gasteiger partial charge in [-0.15, -0.1) is 0 Å². The van der Waals surface area contributed by atoms with E-state index in [0.29, 0.717) is 18.2 Å². The first-order valence-electron chi connectivity index (χ1n) is 8.14. The molecule has 0 saturated carbocycles. The third-order valence-corrected chi connectivity index (χ3v) is 4.54. The maximum absolute atomic E-state index is 13.0. The van der Waals surface area contributed by atoms with E-state index in [4.69, 9.17) is 0 Å². The lowest BCUT2D eigenvalue weighted by atomic mass is 10.0. The van der Waals surface area contributed by atoms with E-state index in [1.54, 1.807) is 17.0 Å². The fourth-order valence-corrected chi connectivity index (χ4v) is 3.31. The minimum absolute atomic E-state index is 0.0473. The minimum atomic E-state index is -0.329. The molecular formula is C17H22FN3O2. The Kier molecular flexibility index (Phi) is 4.50. The lowest BCUT2D eigenvalue weighted by Gasteiger charge is -2.31. The van der Waals surface area contributed by atoms with Gasteiger partial charge in [0.2, 0.25) is 5.91 Å². The molecule has 2 saturated heterocycles. The summed E-state index contributed by atoms with van der Waals surface area (Å²) in [6.07, 6.45) is 2.47. The van der Waals surface area contributed by atoms with Crippen LogP contribution >= 0.6 is 0 Å². The van der Waals surface area contributed by atoms with Crippen molar-refractivity contribution in [2.24, 2.45) is 5.92 Å². The van der Waals surface area contributed by atoms with Gasteiger partial charge in [-0.1, -0.05) is 6.92 Å². The van der Waals surface area contributed by atoms with Gasteiger partial charge in [0, 0.05) is 31.7 Å². The smallest absolute Gasteiger partial charge is 0.317 e. The zero-order valence-corrected chi connectivity index (χ0v) is 13.3. The van der Waals surface area contributed by atoms with Crippen LogP contribution in [0.5, 0.6) is 0 Å². The molecule has 124 valence electrons. The van der Waals surface area contributed by atoms with Crippen LogP contribution in [-0.2, 0) is 4.79 Å². The minimum Gasteiger partial charge on any atom is -0.333 e. The van der Waals surface area contributed by atoms with Gasteiger partial charge in [-0.25, -0.2) is 9.18 Å². The first-order valence-corrected chi connectivity index (χ1v) is 8.14. The highest BCUT2D eigenvalue weighted by Gasteiger charge is 2.33. The maximum Gasteiger partial charge on any atom is 0.317 e. The number of urea groups is 1. The van der Waals surface area contributed by atoms with Crippen molar-refractivity contribution in [3.8, 4) is 0 Å². The lowest BCUT2D eigenvalue weighted by Crippen LogP contribution is -2.49. The van der Waals surface area contributed by atoms with Crippen LogP contribution in [0.3, 0.4) is 0 Å². The van der Waals surface area contributed by atoms with Gasteiger partial charge in [-0.2, -0.15) is 0 Å². The second-order valence-electron chi connectivity index (χ2n) is 6.52. The second-order valence-corrected chi connectivity index (χ2v) is 6.52. The van der Waals surface area contributed by atoms with Crippen molar-refractivity contribution >= 4 is 17.6 Å². The summed E-state index contributed by atoms with van der Waals surface area (Å²) in [5.74, 6) is 0.147. The molecule has 2 aliphatic heterocycles. The van der Waals surface area contributed by atoms with Crippen molar-refractivity contribution in [1.82, 2.24) is 10.2 Å². The van der Waals surface area contributed by atoms with E-state index in [1.165, 1.54) is 12.1 Å². The molecule has 3 rings (SSSR count). The van der Waals surface area contributed by atoms with E-state index in [1.807, 2.05) is 4.90 Å². The fourth-order valence-electron chi connectivity index (χ4n) is 3.31. The number of nitrogens with one attached hydrogen (secondary N) is 1. The molecule has 0 spiro atoms. The van der Waals surface area contributed by atoms with Crippen molar-refractivity contribution in [3.05, 3.63) is 30.1 Å². The van der Waals surface area contributed by atoms with Crippen LogP contribution in [0.1, 0.15) is 26.2 Å². The average Bonchev–Trinajstić information content (AvgIpc) is 2.88. The molecule has 6 heteroatoms. The Morgan fingerprint density at radius 2 is 2.00 bits per heavy atom. The Hall–Kier alpha value is -2.11. The predicted octanol–water partition coefficient (Wildman–Crippen LogP) is 2.37. The summed E-state index contributed by atoms with van der Waals surface area (Å²) in [7, 11) is 0. The maximum atomic E-state index is 13.0. The van der Waals surface area contributed by atoms with E-state index < -0.39 is 0 Å². The number of halogens is 1. The largest absolute Gasteiger partial charge is 0.333 e. The molecule has 1 N–H and O–H groups in total. The standard InChI is InChI=1S/C17H22FN3O2/c1-12-3-2-8-20(10-12)17(23)19-14-9-16(22)21(11-14)15-6-4-13(18)5-7-15/h4-7,12,14H,2-3,8-11H2,1H3,(H,19,23). The molecule has 2 unspecified atom stereocenters. The molecule has 1 aromatic carbocycles. The van der Waals surface area contributed by atoms with Gasteiger partial charge < -0.3 is 15.1 Å². The van der Waals surface area contributed by atoms with Gasteiger partial charge in [0.15, 0.2) is 0 Å². The zero-order valence-electron chi connectivity index (χ0n) is 13.3. The Morgan fingerprint density at radius 1 is 1.26 bits per heavy atom. The van der Waals surface area contributed by atoms with Crippen LogP contribution in [0, 0.1) is 11.7 Å². The molecule has 0 aromatic heterocycles. The predicted molar refractivity (Wildman–Crippen MR) is 85.7 cm³/mol. The molecular weight excluding hydrogens is 297 g/mol. The van der Waals surface area contributed by atoms with E-state index in [2.05, 4.69) is 12.2 Å². The Balaban J connectivity index is 1.59. The average molecular weight is 319 g/mol. The van der Waals surface area contributed by atoms with Crippen molar-refractivity contribution < 1.29 is 14.0 Å². The molecule has 2 fully saturated rings. The quantitative estimate of drug-likeness (QED) is 0.910. The number of likely N-dealkylation sites (tertiary alicyclic amines) is 1. The van der Waals surface area contributed by atoms with Gasteiger partial charge in [-0.3, -0.25) is 4.79 Å². The summed E-state index contributed by atoms with van der Waals surface area (Å²) in [6.45, 7) is 4.13. The number of nitrogens with zero attached hydrogens (tertiary/aromatic N) is 2. The molecule has 0 aliphatic carbocycles. The highest BCUT2D eigenvalue weighted by Crippen LogP contribution is 2.22. The van der Waals surface area contributed by atoms with Crippen LogP contribution in [-0.4, -0.2) is 42.5 Å². The Labute approximate surface area is 135 Å². The number of carbonyl (C=O) groups is 2. The number of anilines is 1. The number of hydrogen-bond donors (Lipinski definition) is 1. The SMILES string of the molecule is CC1CCCN(C(=O)NC2CC(=O)N(c3ccc(F)cc3)C2)C1. The topological polar surface area (TPSA) is 52.7 Å². The second kappa shape index (κ2) is 6.56. The number of carbonyl (C=O) groups excluding carboxylic acids is 2. The highest BCUT2D eigenvalue weighted by molar-refractivity contribution is 5.96. The van der Waals surface area contributed by atoms with Crippen LogP contribution in [0.2, 0.25) is 0 Å². The van der Waals surface area contributed by atoms with Gasteiger partial charge in [0.1, 0.15) is 5.82 Å². The normalized spacial score (nSPS) is 24.9. The molecule has 2 atom stereocenters. The van der Waals surface area contributed by atoms with E-state index >= 15 is 0 Å². The number of benzene rings is 1. The molecule has 1 aromatic rings. The summed E-state index contributed by atoms with van der Waals surface area (Å²) in [5.41, 5.74) is 0.666. The zero-order chi connectivity index (χ0) is 16.4. The first-order chi connectivity index (χ1) is 11.0. The number of rotatable bonds is 2. The summed E-state index contributed by atoms with van der Waals surface area (Å²) < 4.78 is 13.0. The molecule has 5 nitrogen and oxygen atoms in total. The summed E-state index contributed by atoms with van der Waals surface area (Å²) in [6, 6.07) is 5.56. The summed E-state index contributed by atoms with van der Waals surface area (Å²) in [5, 5.41) is 2.96. The van der Waals surface area contributed by atoms with Gasteiger partial charge >= 0.3 is 6.03 Å². The molecule has 2 aliphatic rings. The van der Waals surface area contributed by atoms with Crippen molar-refractivity contribution in [2.75, 3.05) is 24.5 Å². The third kappa shape index (κ3) is 3.63. The summed E-state index contributed by atoms with van der Waals surface area (Å²) in [4.78, 5) is 27.9. The van der Waals surface area contributed by atoms with E-state index in [9.17, 15) is 14.0 Å². The van der Waals surface area contributed by atoms with Crippen LogP contribution < -0.4 is 10.2 Å². The number of piperidine rings is 1. The number of hydrogen-bond acceptors (Lipinski definition) is 2. The van der Waals surface area contributed by atoms with Gasteiger partial charge in [-0.05, 0) is 43.0 Å². The van der Waals surface area contributed by atoms with E-state index in [0.717, 1.165) is 25.9 Å². The lowest BCUT2D eigenvalue weighted by molar-refractivity contribution is -0.117. The van der Waals surface area contributed by atoms with Gasteiger partial charge in [0.05, 0.1) is 6.04 Å². The van der Waals surface area contributed by atoms with E-state index in [-0.39, 0.29) is 30.2 Å². The van der Waals surface area contributed by atoms with Crippen LogP contribution in [0.4, 0.5) is 14.9 Å².